The van der Waals surface area contributed by atoms with E-state index in [0.717, 1.165) is 24.9 Å². The number of carbonyl (C=O) groups excluding carboxylic acids is 1. The molecular weight excluding hydrogens is 150 g/mol. The average molecular weight is 165 g/mol. The Kier molecular flexibility index (Phi) is 1.29. The molecule has 3 fully saturated rings. The van der Waals surface area contributed by atoms with Crippen molar-refractivity contribution in [3.8, 4) is 0 Å². The second-order valence-corrected chi connectivity index (χ2v) is 4.52. The van der Waals surface area contributed by atoms with Crippen LogP contribution in [0.4, 0.5) is 0 Å². The summed E-state index contributed by atoms with van der Waals surface area (Å²) in [7, 11) is 0. The number of amides is 1. The summed E-state index contributed by atoms with van der Waals surface area (Å²) >= 11 is 0. The van der Waals surface area contributed by atoms with Crippen LogP contribution in [0.1, 0.15) is 25.7 Å². The van der Waals surface area contributed by atoms with Crippen LogP contribution in [0, 0.1) is 17.8 Å². The van der Waals surface area contributed by atoms with Crippen LogP contribution in [-0.2, 0) is 4.79 Å². The third-order valence-electron chi connectivity index (χ3n) is 3.55. The molecule has 2 heteroatoms. The number of likely N-dealkylation sites (tertiary alicyclic amines) is 1. The lowest BCUT2D eigenvalue weighted by Gasteiger charge is -2.31. The number of hydrogen-bond donors (Lipinski definition) is 0. The highest BCUT2D eigenvalue weighted by Gasteiger charge is 2.52. The smallest absolute Gasteiger partial charge is 0.225 e. The fraction of sp³-hybridized carbons (Fsp3) is 0.900. The maximum atomic E-state index is 11.7. The van der Waals surface area contributed by atoms with Gasteiger partial charge >= 0.3 is 0 Å². The van der Waals surface area contributed by atoms with E-state index in [1.54, 1.807) is 0 Å². The SMILES string of the molecule is O=C([C@H]1C[C@@H]1C1CC1)N1CCC1. The van der Waals surface area contributed by atoms with Crippen molar-refractivity contribution < 1.29 is 4.79 Å². The van der Waals surface area contributed by atoms with Crippen molar-refractivity contribution in [3.05, 3.63) is 0 Å². The van der Waals surface area contributed by atoms with E-state index >= 15 is 0 Å². The van der Waals surface area contributed by atoms with Crippen LogP contribution < -0.4 is 0 Å². The maximum absolute atomic E-state index is 11.7. The van der Waals surface area contributed by atoms with Gasteiger partial charge in [0.25, 0.3) is 0 Å². The van der Waals surface area contributed by atoms with Gasteiger partial charge in [0.1, 0.15) is 0 Å². The Hall–Kier alpha value is -0.530. The van der Waals surface area contributed by atoms with Crippen LogP contribution >= 0.6 is 0 Å². The highest BCUT2D eigenvalue weighted by atomic mass is 16.2. The monoisotopic (exact) mass is 165 g/mol. The fourth-order valence-corrected chi connectivity index (χ4v) is 2.32. The van der Waals surface area contributed by atoms with Gasteiger partial charge in [-0.2, -0.15) is 0 Å². The molecule has 1 heterocycles. The standard InChI is InChI=1S/C10H15NO/c12-10(11-4-1-5-11)9-6-8(9)7-2-3-7/h7-9H,1-6H2/t8-,9+/m1/s1. The summed E-state index contributed by atoms with van der Waals surface area (Å²) in [5.41, 5.74) is 0. The Morgan fingerprint density at radius 2 is 2.00 bits per heavy atom. The molecule has 0 N–H and O–H groups in total. The largest absolute Gasteiger partial charge is 0.342 e. The third kappa shape index (κ3) is 0.970. The molecule has 3 aliphatic rings. The molecule has 0 radical (unpaired) electrons. The fourth-order valence-electron chi connectivity index (χ4n) is 2.32. The lowest BCUT2D eigenvalue weighted by Crippen LogP contribution is -2.43. The summed E-state index contributed by atoms with van der Waals surface area (Å²) in [4.78, 5) is 13.7. The topological polar surface area (TPSA) is 20.3 Å². The molecule has 0 aromatic rings. The van der Waals surface area contributed by atoms with Crippen molar-refractivity contribution in [2.45, 2.75) is 25.7 Å². The molecular formula is C10H15NO. The summed E-state index contributed by atoms with van der Waals surface area (Å²) in [6, 6.07) is 0. The maximum Gasteiger partial charge on any atom is 0.225 e. The molecule has 1 saturated heterocycles. The van der Waals surface area contributed by atoms with E-state index in [-0.39, 0.29) is 0 Å². The summed E-state index contributed by atoms with van der Waals surface area (Å²) < 4.78 is 0. The minimum atomic E-state index is 0.456. The lowest BCUT2D eigenvalue weighted by atomic mass is 10.1. The van der Waals surface area contributed by atoms with Crippen molar-refractivity contribution in [3.63, 3.8) is 0 Å². The van der Waals surface area contributed by atoms with Crippen LogP contribution in [0.15, 0.2) is 0 Å². The molecule has 0 aromatic heterocycles. The predicted molar refractivity (Wildman–Crippen MR) is 45.5 cm³/mol. The predicted octanol–water partition coefficient (Wildman–Crippen LogP) is 1.26. The van der Waals surface area contributed by atoms with E-state index in [2.05, 4.69) is 0 Å². The van der Waals surface area contributed by atoms with Crippen molar-refractivity contribution >= 4 is 5.91 Å². The van der Waals surface area contributed by atoms with Crippen molar-refractivity contribution in [2.75, 3.05) is 13.1 Å². The molecule has 0 spiro atoms. The lowest BCUT2D eigenvalue weighted by molar-refractivity contribution is -0.136. The van der Waals surface area contributed by atoms with Gasteiger partial charge in [0, 0.05) is 19.0 Å². The Morgan fingerprint density at radius 3 is 2.50 bits per heavy atom. The van der Waals surface area contributed by atoms with E-state index in [0.29, 0.717) is 11.8 Å². The third-order valence-corrected chi connectivity index (χ3v) is 3.55. The Morgan fingerprint density at radius 1 is 1.25 bits per heavy atom. The van der Waals surface area contributed by atoms with Gasteiger partial charge < -0.3 is 4.90 Å². The van der Waals surface area contributed by atoms with Crippen LogP contribution in [0.2, 0.25) is 0 Å². The van der Waals surface area contributed by atoms with Gasteiger partial charge in [-0.1, -0.05) is 0 Å². The quantitative estimate of drug-likeness (QED) is 0.603. The molecule has 3 rings (SSSR count). The Labute approximate surface area is 72.9 Å². The second kappa shape index (κ2) is 2.24. The van der Waals surface area contributed by atoms with Crippen LogP contribution in [0.25, 0.3) is 0 Å². The average Bonchev–Trinajstić information content (AvgIpc) is 2.79. The number of hydrogen-bond acceptors (Lipinski definition) is 1. The minimum absolute atomic E-state index is 0.456. The first-order valence-corrected chi connectivity index (χ1v) is 5.15. The number of nitrogens with zero attached hydrogens (tertiary/aromatic N) is 1. The normalized spacial score (nSPS) is 39.2. The minimum Gasteiger partial charge on any atom is -0.342 e. The van der Waals surface area contributed by atoms with Crippen LogP contribution in [0.3, 0.4) is 0 Å². The first kappa shape index (κ1) is 6.93. The molecule has 2 atom stereocenters. The highest BCUT2D eigenvalue weighted by molar-refractivity contribution is 5.82. The molecule has 2 nitrogen and oxygen atoms in total. The van der Waals surface area contributed by atoms with E-state index < -0.39 is 0 Å². The number of rotatable bonds is 2. The van der Waals surface area contributed by atoms with E-state index in [9.17, 15) is 4.79 Å². The molecule has 1 amide bonds. The van der Waals surface area contributed by atoms with Gasteiger partial charge in [-0.05, 0) is 37.5 Å². The second-order valence-electron chi connectivity index (χ2n) is 4.52. The molecule has 66 valence electrons. The van der Waals surface area contributed by atoms with Crippen LogP contribution in [-0.4, -0.2) is 23.9 Å². The van der Waals surface area contributed by atoms with Crippen molar-refractivity contribution in [1.82, 2.24) is 4.90 Å². The summed E-state index contributed by atoms with van der Waals surface area (Å²) in [6.45, 7) is 2.07. The molecule has 12 heavy (non-hydrogen) atoms. The molecule has 1 aliphatic heterocycles. The number of carbonyl (C=O) groups is 1. The highest BCUT2D eigenvalue weighted by Crippen LogP contribution is 2.55. The summed E-state index contributed by atoms with van der Waals surface area (Å²) in [5, 5.41) is 0. The summed E-state index contributed by atoms with van der Waals surface area (Å²) in [5.74, 6) is 2.68. The van der Waals surface area contributed by atoms with Gasteiger partial charge in [0.2, 0.25) is 5.91 Å². The zero-order valence-corrected chi connectivity index (χ0v) is 7.33. The van der Waals surface area contributed by atoms with Crippen LogP contribution in [0.5, 0.6) is 0 Å². The Bertz CT molecular complexity index is 218. The van der Waals surface area contributed by atoms with Gasteiger partial charge in [0.15, 0.2) is 0 Å². The van der Waals surface area contributed by atoms with Crippen molar-refractivity contribution in [2.24, 2.45) is 17.8 Å². The molecule has 2 saturated carbocycles. The molecule has 2 aliphatic carbocycles. The molecule has 0 aromatic carbocycles. The first-order chi connectivity index (χ1) is 5.86. The van der Waals surface area contributed by atoms with E-state index in [4.69, 9.17) is 0 Å². The molecule has 0 unspecified atom stereocenters. The molecule has 0 bridgehead atoms. The van der Waals surface area contributed by atoms with E-state index in [1.165, 1.54) is 25.7 Å². The zero-order chi connectivity index (χ0) is 8.13. The van der Waals surface area contributed by atoms with Gasteiger partial charge in [-0.15, -0.1) is 0 Å². The van der Waals surface area contributed by atoms with E-state index in [1.807, 2.05) is 4.90 Å². The summed E-state index contributed by atoms with van der Waals surface area (Å²) in [6.07, 6.45) is 5.23. The van der Waals surface area contributed by atoms with Gasteiger partial charge in [0.05, 0.1) is 0 Å². The van der Waals surface area contributed by atoms with Gasteiger partial charge in [-0.25, -0.2) is 0 Å². The Balaban J connectivity index is 1.56. The first-order valence-electron chi connectivity index (χ1n) is 5.15. The van der Waals surface area contributed by atoms with Gasteiger partial charge in [-0.3, -0.25) is 4.79 Å². The zero-order valence-electron chi connectivity index (χ0n) is 7.33. The van der Waals surface area contributed by atoms with Crippen molar-refractivity contribution in [1.29, 1.82) is 0 Å².